The number of benzene rings is 1. The van der Waals surface area contributed by atoms with Crippen LogP contribution in [0, 0.1) is 17.8 Å². The number of aromatic nitrogens is 2. The van der Waals surface area contributed by atoms with Gasteiger partial charge in [0.1, 0.15) is 0 Å². The topological polar surface area (TPSA) is 75.4 Å². The van der Waals surface area contributed by atoms with Crippen LogP contribution < -0.4 is 5.56 Å². The lowest BCUT2D eigenvalue weighted by Crippen LogP contribution is -2.63. The highest BCUT2D eigenvalue weighted by atomic mass is 16.4. The van der Waals surface area contributed by atoms with E-state index in [0.717, 1.165) is 36.1 Å². The first-order chi connectivity index (χ1) is 15.5. The molecule has 1 aromatic heterocycles. The number of carboxylic acids is 1. The number of rotatable bonds is 3. The van der Waals surface area contributed by atoms with Crippen molar-refractivity contribution in [2.24, 2.45) is 17.8 Å². The standard InChI is InChI=1S/C26H31N3O3/c30-24-23(25(31)32)27-21-6-1-2-7-22(21)28(24)20-11-18-4-3-5-19(12-20)29(18)26-13-15-8-16(14-26)10-17(26)9-15/h1-2,6-7,15-20H,3-5,8-14H2,(H,31,32). The van der Waals surface area contributed by atoms with Crippen LogP contribution in [-0.4, -0.2) is 43.1 Å². The summed E-state index contributed by atoms with van der Waals surface area (Å²) in [7, 11) is 0. The molecular weight excluding hydrogens is 402 g/mol. The Morgan fingerprint density at radius 3 is 2.34 bits per heavy atom. The molecule has 6 nitrogen and oxygen atoms in total. The van der Waals surface area contributed by atoms with Gasteiger partial charge in [-0.25, -0.2) is 9.78 Å². The third kappa shape index (κ3) is 2.53. The first-order valence-corrected chi connectivity index (χ1v) is 12.6. The monoisotopic (exact) mass is 433 g/mol. The van der Waals surface area contributed by atoms with Crippen molar-refractivity contribution >= 4 is 17.0 Å². The number of nitrogens with zero attached hydrogens (tertiary/aromatic N) is 3. The molecule has 6 bridgehead atoms. The van der Waals surface area contributed by atoms with Crippen molar-refractivity contribution in [1.29, 1.82) is 0 Å². The number of hydrogen-bond acceptors (Lipinski definition) is 4. The highest BCUT2D eigenvalue weighted by Crippen LogP contribution is 2.65. The van der Waals surface area contributed by atoms with Crippen LogP contribution in [-0.2, 0) is 0 Å². The summed E-state index contributed by atoms with van der Waals surface area (Å²) in [5.74, 6) is 1.53. The van der Waals surface area contributed by atoms with Crippen LogP contribution in [0.3, 0.4) is 0 Å². The molecule has 1 N–H and O–H groups in total. The van der Waals surface area contributed by atoms with E-state index < -0.39 is 11.5 Å². The van der Waals surface area contributed by atoms with Gasteiger partial charge in [-0.1, -0.05) is 18.6 Å². The Hall–Kier alpha value is -2.21. The van der Waals surface area contributed by atoms with Gasteiger partial charge in [0, 0.05) is 23.7 Å². The summed E-state index contributed by atoms with van der Waals surface area (Å²) in [5, 5.41) is 9.64. The normalized spacial score (nSPS) is 40.2. The number of fused-ring (bicyclic) bond motifs is 3. The minimum Gasteiger partial charge on any atom is -0.476 e. The molecule has 0 radical (unpaired) electrons. The van der Waals surface area contributed by atoms with Gasteiger partial charge >= 0.3 is 5.97 Å². The first-order valence-electron chi connectivity index (χ1n) is 12.6. The van der Waals surface area contributed by atoms with Crippen LogP contribution in [0.4, 0.5) is 0 Å². The lowest BCUT2D eigenvalue weighted by atomic mass is 9.73. The summed E-state index contributed by atoms with van der Waals surface area (Å²) in [6, 6.07) is 8.60. The zero-order chi connectivity index (χ0) is 21.6. The van der Waals surface area contributed by atoms with Gasteiger partial charge in [0.15, 0.2) is 0 Å². The molecular formula is C26H31N3O3. The minimum atomic E-state index is -1.23. The molecule has 0 spiro atoms. The Kier molecular flexibility index (Phi) is 4.01. The summed E-state index contributed by atoms with van der Waals surface area (Å²) in [5.41, 5.74) is 1.01. The quantitative estimate of drug-likeness (QED) is 0.784. The summed E-state index contributed by atoms with van der Waals surface area (Å²) in [4.78, 5) is 32.3. The highest BCUT2D eigenvalue weighted by Gasteiger charge is 2.63. The van der Waals surface area contributed by atoms with Gasteiger partial charge in [0.25, 0.3) is 5.56 Å². The lowest BCUT2D eigenvalue weighted by Gasteiger charge is -2.58. The smallest absolute Gasteiger partial charge is 0.360 e. The van der Waals surface area contributed by atoms with E-state index in [1.54, 1.807) is 4.57 Å². The van der Waals surface area contributed by atoms with E-state index in [9.17, 15) is 14.7 Å². The Morgan fingerprint density at radius 2 is 1.66 bits per heavy atom. The summed E-state index contributed by atoms with van der Waals surface area (Å²) in [6.07, 6.45) is 12.7. The molecule has 2 aromatic rings. The number of aromatic carboxylic acids is 1. The van der Waals surface area contributed by atoms with Crippen LogP contribution in [0.2, 0.25) is 0 Å². The zero-order valence-electron chi connectivity index (χ0n) is 18.4. The van der Waals surface area contributed by atoms with Gasteiger partial charge in [-0.3, -0.25) is 9.69 Å². The largest absolute Gasteiger partial charge is 0.476 e. The Balaban J connectivity index is 1.30. The molecule has 6 aliphatic rings. The molecule has 0 amide bonds. The third-order valence-electron chi connectivity index (χ3n) is 9.77. The number of hydrogen-bond donors (Lipinski definition) is 1. The fourth-order valence-electron chi connectivity index (χ4n) is 9.12. The Labute approximate surface area is 187 Å². The predicted octanol–water partition coefficient (Wildman–Crippen LogP) is 4.23. The van der Waals surface area contributed by atoms with Crippen molar-refractivity contribution < 1.29 is 9.90 Å². The van der Waals surface area contributed by atoms with Gasteiger partial charge in [0.2, 0.25) is 5.69 Å². The van der Waals surface area contributed by atoms with Crippen molar-refractivity contribution in [3.05, 3.63) is 40.3 Å². The predicted molar refractivity (Wildman–Crippen MR) is 121 cm³/mol. The summed E-state index contributed by atoms with van der Waals surface area (Å²) in [6.45, 7) is 0. The molecule has 2 saturated heterocycles. The van der Waals surface area contributed by atoms with E-state index in [2.05, 4.69) is 9.88 Å². The molecule has 4 saturated carbocycles. The molecule has 6 heteroatoms. The fourth-order valence-corrected chi connectivity index (χ4v) is 9.12. The molecule has 4 atom stereocenters. The molecule has 32 heavy (non-hydrogen) atoms. The number of para-hydroxylation sites is 2. The maximum absolute atomic E-state index is 13.3. The van der Waals surface area contributed by atoms with Crippen LogP contribution >= 0.6 is 0 Å². The molecule has 1 aromatic carbocycles. The van der Waals surface area contributed by atoms with Crippen LogP contribution in [0.1, 0.15) is 80.7 Å². The maximum atomic E-state index is 13.3. The van der Waals surface area contributed by atoms with Crippen molar-refractivity contribution in [3.63, 3.8) is 0 Å². The SMILES string of the molecule is O=C(O)c1nc2ccccc2n(C2CC3CCCC(C2)N3C23CC4CC(CC2C4)C3)c1=O. The van der Waals surface area contributed by atoms with E-state index in [4.69, 9.17) is 0 Å². The van der Waals surface area contributed by atoms with Gasteiger partial charge in [-0.15, -0.1) is 0 Å². The van der Waals surface area contributed by atoms with E-state index in [0.29, 0.717) is 23.1 Å². The highest BCUT2D eigenvalue weighted by molar-refractivity contribution is 5.88. The average molecular weight is 434 g/mol. The van der Waals surface area contributed by atoms with Crippen molar-refractivity contribution in [3.8, 4) is 0 Å². The summed E-state index contributed by atoms with van der Waals surface area (Å²) < 4.78 is 1.80. The van der Waals surface area contributed by atoms with E-state index in [1.165, 1.54) is 51.4 Å². The number of carboxylic acid groups (broad SMARTS) is 1. The number of piperidine rings is 2. The Bertz CT molecular complexity index is 1140. The molecule has 168 valence electrons. The van der Waals surface area contributed by atoms with Gasteiger partial charge in [-0.2, -0.15) is 0 Å². The average Bonchev–Trinajstić information content (AvgIpc) is 3.16. The molecule has 4 aliphatic carbocycles. The second-order valence-electron chi connectivity index (χ2n) is 11.3. The Morgan fingerprint density at radius 1 is 0.969 bits per heavy atom. The van der Waals surface area contributed by atoms with Crippen LogP contribution in [0.25, 0.3) is 11.0 Å². The van der Waals surface area contributed by atoms with E-state index >= 15 is 0 Å². The zero-order valence-corrected chi connectivity index (χ0v) is 18.4. The van der Waals surface area contributed by atoms with Crippen molar-refractivity contribution in [2.45, 2.75) is 87.9 Å². The second-order valence-corrected chi connectivity index (χ2v) is 11.3. The van der Waals surface area contributed by atoms with E-state index in [-0.39, 0.29) is 11.7 Å². The lowest BCUT2D eigenvalue weighted by molar-refractivity contribution is -0.0816. The molecule has 2 aliphatic heterocycles. The minimum absolute atomic E-state index is 0.0484. The molecule has 4 unspecified atom stereocenters. The molecule has 3 heterocycles. The molecule has 6 fully saturated rings. The van der Waals surface area contributed by atoms with Gasteiger partial charge in [-0.05, 0) is 87.7 Å². The third-order valence-corrected chi connectivity index (χ3v) is 9.77. The second kappa shape index (κ2) is 6.66. The number of carbonyl (C=O) groups is 1. The fraction of sp³-hybridized carbons (Fsp3) is 0.654. The molecule has 8 rings (SSSR count). The van der Waals surface area contributed by atoms with Crippen molar-refractivity contribution in [1.82, 2.24) is 14.5 Å². The van der Waals surface area contributed by atoms with Gasteiger partial charge in [0.05, 0.1) is 11.0 Å². The summed E-state index contributed by atoms with van der Waals surface area (Å²) >= 11 is 0. The van der Waals surface area contributed by atoms with Crippen LogP contribution in [0.15, 0.2) is 29.1 Å². The van der Waals surface area contributed by atoms with Crippen molar-refractivity contribution in [2.75, 3.05) is 0 Å². The van der Waals surface area contributed by atoms with Crippen LogP contribution in [0.5, 0.6) is 0 Å². The van der Waals surface area contributed by atoms with E-state index in [1.807, 2.05) is 24.3 Å². The van der Waals surface area contributed by atoms with Gasteiger partial charge < -0.3 is 9.67 Å². The maximum Gasteiger partial charge on any atom is 0.360 e. The first kappa shape index (κ1) is 19.3.